The highest BCUT2D eigenvalue weighted by Crippen LogP contribution is 1.58. The first-order valence-electron chi connectivity index (χ1n) is 1.22. The third-order valence-electron chi connectivity index (χ3n) is 0.129. The molecule has 0 bridgehead atoms. The van der Waals surface area contributed by atoms with Crippen molar-refractivity contribution in [3.63, 3.8) is 0 Å². The van der Waals surface area contributed by atoms with Crippen LogP contribution in [-0.2, 0) is 0 Å². The van der Waals surface area contributed by atoms with E-state index in [2.05, 4.69) is 12.6 Å². The third kappa shape index (κ3) is 13.8. The third-order valence-corrected chi connectivity index (χ3v) is 0.387. The molecule has 0 aliphatic rings. The van der Waals surface area contributed by atoms with Crippen molar-refractivity contribution in [3.05, 3.63) is 0 Å². The van der Waals surface area contributed by atoms with Crippen LogP contribution < -0.4 is 5.73 Å². The second kappa shape index (κ2) is 8.87. The first-order chi connectivity index (χ1) is 1.91. The minimum absolute atomic E-state index is 0. The summed E-state index contributed by atoms with van der Waals surface area (Å²) >= 11 is 3.80. The molecular formula is C2H8FNS. The van der Waals surface area contributed by atoms with Gasteiger partial charge >= 0.3 is 0 Å². The van der Waals surface area contributed by atoms with Crippen molar-refractivity contribution in [3.8, 4) is 0 Å². The van der Waals surface area contributed by atoms with Gasteiger partial charge in [-0.15, -0.1) is 0 Å². The summed E-state index contributed by atoms with van der Waals surface area (Å²) in [5, 5.41) is 0. The lowest BCUT2D eigenvalue weighted by molar-refractivity contribution is 1.11. The number of hydrogen-bond donors (Lipinski definition) is 2. The molecule has 34 valence electrons. The molecule has 0 fully saturated rings. The zero-order chi connectivity index (χ0) is 3.41. The number of hydrogen-bond acceptors (Lipinski definition) is 2. The summed E-state index contributed by atoms with van der Waals surface area (Å²) in [6.45, 7) is 0.684. The Hall–Kier alpha value is 0.240. The maximum atomic E-state index is 4.95. The fourth-order valence-electron chi connectivity index (χ4n) is 0. The Labute approximate surface area is 36.3 Å². The van der Waals surface area contributed by atoms with E-state index in [1.54, 1.807) is 0 Å². The molecule has 0 unspecified atom stereocenters. The lowest BCUT2D eigenvalue weighted by Gasteiger charge is -1.69. The van der Waals surface area contributed by atoms with Crippen molar-refractivity contribution < 1.29 is 4.70 Å². The van der Waals surface area contributed by atoms with Crippen molar-refractivity contribution in [2.45, 2.75) is 0 Å². The Morgan fingerprint density at radius 1 is 1.60 bits per heavy atom. The van der Waals surface area contributed by atoms with Gasteiger partial charge < -0.3 is 5.73 Å². The molecule has 0 saturated carbocycles. The molecule has 5 heavy (non-hydrogen) atoms. The molecule has 1 nitrogen and oxygen atoms in total. The normalized spacial score (nSPS) is 6.00. The molecule has 0 rings (SSSR count). The molecule has 0 aromatic rings. The van der Waals surface area contributed by atoms with Crippen LogP contribution in [0.4, 0.5) is 4.70 Å². The summed E-state index contributed by atoms with van der Waals surface area (Å²) in [4.78, 5) is 0. The van der Waals surface area contributed by atoms with Gasteiger partial charge in [0, 0.05) is 12.3 Å². The molecule has 0 spiro atoms. The molecule has 0 heterocycles. The van der Waals surface area contributed by atoms with Crippen LogP contribution >= 0.6 is 12.6 Å². The van der Waals surface area contributed by atoms with E-state index in [9.17, 15) is 0 Å². The van der Waals surface area contributed by atoms with Gasteiger partial charge in [0.15, 0.2) is 0 Å². The number of halogens is 1. The SMILES string of the molecule is F.NCCS. The topological polar surface area (TPSA) is 26.0 Å². The van der Waals surface area contributed by atoms with E-state index in [0.717, 1.165) is 5.75 Å². The number of thiol groups is 1. The Bertz CT molecular complexity index is 11.6. The fraction of sp³-hybridized carbons (Fsp3) is 1.00. The Kier molecular flexibility index (Phi) is 15.9. The average molecular weight is 97.2 g/mol. The van der Waals surface area contributed by atoms with E-state index >= 15 is 0 Å². The highest BCUT2D eigenvalue weighted by atomic mass is 32.1. The predicted molar refractivity (Wildman–Crippen MR) is 25.4 cm³/mol. The smallest absolute Gasteiger partial charge is 0.00255 e. The zero-order valence-electron chi connectivity index (χ0n) is 2.85. The van der Waals surface area contributed by atoms with E-state index in [4.69, 9.17) is 5.73 Å². The molecule has 0 atom stereocenters. The molecule has 0 aromatic heterocycles. The lowest BCUT2D eigenvalue weighted by Crippen LogP contribution is -1.97. The van der Waals surface area contributed by atoms with Crippen LogP contribution in [-0.4, -0.2) is 12.3 Å². The highest BCUT2D eigenvalue weighted by molar-refractivity contribution is 7.80. The number of rotatable bonds is 1. The molecule has 0 saturated heterocycles. The summed E-state index contributed by atoms with van der Waals surface area (Å²) in [6.07, 6.45) is 0. The molecular weight excluding hydrogens is 89.1 g/mol. The van der Waals surface area contributed by atoms with Crippen LogP contribution in [0.3, 0.4) is 0 Å². The van der Waals surface area contributed by atoms with Crippen molar-refractivity contribution in [1.82, 2.24) is 0 Å². The minimum atomic E-state index is 0. The zero-order valence-corrected chi connectivity index (χ0v) is 3.74. The highest BCUT2D eigenvalue weighted by Gasteiger charge is 1.56. The van der Waals surface area contributed by atoms with E-state index in [-0.39, 0.29) is 4.70 Å². The van der Waals surface area contributed by atoms with Gasteiger partial charge in [0.25, 0.3) is 0 Å². The van der Waals surface area contributed by atoms with Crippen LogP contribution in [0.2, 0.25) is 0 Å². The summed E-state index contributed by atoms with van der Waals surface area (Å²) in [7, 11) is 0. The molecule has 0 amide bonds. The monoisotopic (exact) mass is 97.0 g/mol. The summed E-state index contributed by atoms with van der Waals surface area (Å²) in [5.74, 6) is 0.792. The second-order valence-electron chi connectivity index (χ2n) is 0.512. The van der Waals surface area contributed by atoms with Gasteiger partial charge in [0.1, 0.15) is 0 Å². The summed E-state index contributed by atoms with van der Waals surface area (Å²) in [6, 6.07) is 0. The van der Waals surface area contributed by atoms with Crippen LogP contribution in [0, 0.1) is 0 Å². The van der Waals surface area contributed by atoms with Crippen LogP contribution in [0.15, 0.2) is 0 Å². The van der Waals surface area contributed by atoms with Gasteiger partial charge in [-0.05, 0) is 0 Å². The fourth-order valence-corrected chi connectivity index (χ4v) is 0. The maximum Gasteiger partial charge on any atom is 0.00255 e. The molecule has 2 N–H and O–H groups in total. The van der Waals surface area contributed by atoms with Gasteiger partial charge in [-0.25, -0.2) is 0 Å². The summed E-state index contributed by atoms with van der Waals surface area (Å²) < 4.78 is 0. The summed E-state index contributed by atoms with van der Waals surface area (Å²) in [5.41, 5.74) is 4.95. The molecule has 0 aliphatic carbocycles. The molecule has 0 aliphatic heterocycles. The average Bonchev–Trinajstić information content (AvgIpc) is 1.37. The first-order valence-corrected chi connectivity index (χ1v) is 1.86. The van der Waals surface area contributed by atoms with Crippen molar-refractivity contribution >= 4 is 12.6 Å². The minimum Gasteiger partial charge on any atom is -0.330 e. The van der Waals surface area contributed by atoms with E-state index in [1.807, 2.05) is 0 Å². The largest absolute Gasteiger partial charge is 0.330 e. The Morgan fingerprint density at radius 3 is 1.80 bits per heavy atom. The van der Waals surface area contributed by atoms with Gasteiger partial charge in [-0.2, -0.15) is 12.6 Å². The Balaban J connectivity index is 0. The molecule has 0 aromatic carbocycles. The van der Waals surface area contributed by atoms with Gasteiger partial charge in [0.2, 0.25) is 0 Å². The molecule has 0 radical (unpaired) electrons. The maximum absolute atomic E-state index is 4.95. The first kappa shape index (κ1) is 8.97. The predicted octanol–water partition coefficient (Wildman–Crippen LogP) is 0.0274. The van der Waals surface area contributed by atoms with E-state index < -0.39 is 0 Å². The Morgan fingerprint density at radius 2 is 1.80 bits per heavy atom. The lowest BCUT2D eigenvalue weighted by atomic mass is 10.8. The molecule has 3 heteroatoms. The van der Waals surface area contributed by atoms with E-state index in [1.165, 1.54) is 0 Å². The van der Waals surface area contributed by atoms with Gasteiger partial charge in [-0.1, -0.05) is 0 Å². The van der Waals surface area contributed by atoms with Crippen molar-refractivity contribution in [1.29, 1.82) is 0 Å². The van der Waals surface area contributed by atoms with Crippen LogP contribution in [0.5, 0.6) is 0 Å². The standard InChI is InChI=1S/C2H7NS.FH/c3-1-2-4;/h4H,1-3H2;1H. The second-order valence-corrected chi connectivity index (χ2v) is 0.959. The van der Waals surface area contributed by atoms with Crippen LogP contribution in [0.1, 0.15) is 0 Å². The van der Waals surface area contributed by atoms with Gasteiger partial charge in [0.05, 0.1) is 0 Å². The number of nitrogens with two attached hydrogens (primary N) is 1. The quantitative estimate of drug-likeness (QED) is 0.443. The van der Waals surface area contributed by atoms with Gasteiger partial charge in [-0.3, -0.25) is 4.70 Å². The van der Waals surface area contributed by atoms with Crippen LogP contribution in [0.25, 0.3) is 0 Å². The van der Waals surface area contributed by atoms with Crippen molar-refractivity contribution in [2.75, 3.05) is 12.3 Å². The van der Waals surface area contributed by atoms with Crippen molar-refractivity contribution in [2.24, 2.45) is 5.73 Å². The van der Waals surface area contributed by atoms with E-state index in [0.29, 0.717) is 6.54 Å².